The molecule has 0 spiro atoms. The number of β-amino-alcohol motifs (C(OH)–C–C–N with tert-alkyl or cyclic N) is 1. The van der Waals surface area contributed by atoms with Crippen LogP contribution in [-0.4, -0.2) is 83.1 Å². The van der Waals surface area contributed by atoms with Gasteiger partial charge in [-0.25, -0.2) is 0 Å². The number of methoxy groups -OCH3 is 1. The molecule has 0 aliphatic carbocycles. The normalized spacial score (nSPS) is 17.1. The van der Waals surface area contributed by atoms with Gasteiger partial charge in [0.1, 0.15) is 5.75 Å². The first kappa shape index (κ1) is 24.3. The fourth-order valence-corrected chi connectivity index (χ4v) is 5.36. The summed E-state index contributed by atoms with van der Waals surface area (Å²) in [6.07, 6.45) is 0.222. The molecule has 1 aromatic heterocycles. The van der Waals surface area contributed by atoms with Gasteiger partial charge in [0.25, 0.3) is 0 Å². The van der Waals surface area contributed by atoms with Gasteiger partial charge in [0.15, 0.2) is 0 Å². The fraction of sp³-hybridized carbons (Fsp3) is 0.429. The quantitative estimate of drug-likeness (QED) is 0.550. The van der Waals surface area contributed by atoms with E-state index in [4.69, 9.17) is 9.84 Å². The van der Waals surface area contributed by atoms with Gasteiger partial charge in [0.2, 0.25) is 5.91 Å². The minimum atomic E-state index is -0.527. The third kappa shape index (κ3) is 5.10. The predicted octanol–water partition coefficient (Wildman–Crippen LogP) is 2.65. The van der Waals surface area contributed by atoms with Gasteiger partial charge >= 0.3 is 0 Å². The van der Waals surface area contributed by atoms with E-state index in [2.05, 4.69) is 28.0 Å². The van der Waals surface area contributed by atoms with Crippen LogP contribution in [0.2, 0.25) is 0 Å². The van der Waals surface area contributed by atoms with E-state index in [0.29, 0.717) is 26.2 Å². The molecule has 2 aromatic carbocycles. The van der Waals surface area contributed by atoms with Crippen LogP contribution in [0.15, 0.2) is 54.6 Å². The average molecular weight is 490 g/mol. The Morgan fingerprint density at radius 2 is 1.72 bits per heavy atom. The lowest BCUT2D eigenvalue weighted by Crippen LogP contribution is -2.49. The van der Waals surface area contributed by atoms with Crippen LogP contribution in [0.3, 0.4) is 0 Å². The number of ether oxygens (including phenoxy) is 1. The molecule has 2 aliphatic heterocycles. The maximum absolute atomic E-state index is 12.1. The van der Waals surface area contributed by atoms with Crippen LogP contribution in [0.5, 0.6) is 5.75 Å². The average Bonchev–Trinajstić information content (AvgIpc) is 3.27. The molecule has 1 atom stereocenters. The summed E-state index contributed by atoms with van der Waals surface area (Å²) in [7, 11) is 1.71. The van der Waals surface area contributed by atoms with E-state index in [-0.39, 0.29) is 5.91 Å². The highest BCUT2D eigenvalue weighted by Crippen LogP contribution is 2.31. The molecular weight excluding hydrogens is 454 g/mol. The molecule has 8 heteroatoms. The minimum absolute atomic E-state index is 0.0831. The summed E-state index contributed by atoms with van der Waals surface area (Å²) in [6.45, 7) is 7.47. The summed E-state index contributed by atoms with van der Waals surface area (Å²) in [5, 5.41) is 16.0. The van der Waals surface area contributed by atoms with E-state index < -0.39 is 6.10 Å². The molecule has 0 saturated carbocycles. The Hall–Kier alpha value is -3.36. The van der Waals surface area contributed by atoms with Crippen molar-refractivity contribution in [1.82, 2.24) is 19.6 Å². The molecule has 0 bridgehead atoms. The standard InChI is InChI=1S/C28H35N5O3/c1-21(34)32-13-12-25-24(20-32)28(22-8-4-3-5-9-22)29-33(25)19-23(35)18-30-14-16-31(17-15-30)26-10-6-7-11-27(26)36-2/h3-11,23,35H,12-20H2,1-2H3. The number of hydrogen-bond acceptors (Lipinski definition) is 6. The topological polar surface area (TPSA) is 74.1 Å². The third-order valence-corrected chi connectivity index (χ3v) is 7.28. The molecule has 190 valence electrons. The van der Waals surface area contributed by atoms with Gasteiger partial charge in [-0.15, -0.1) is 0 Å². The van der Waals surface area contributed by atoms with Crippen molar-refractivity contribution >= 4 is 11.6 Å². The number of aliphatic hydroxyl groups excluding tert-OH is 1. The van der Waals surface area contributed by atoms with Crippen molar-refractivity contribution < 1.29 is 14.6 Å². The van der Waals surface area contributed by atoms with Gasteiger partial charge in [0, 0.05) is 76.0 Å². The highest BCUT2D eigenvalue weighted by molar-refractivity contribution is 5.74. The van der Waals surface area contributed by atoms with Gasteiger partial charge in [-0.2, -0.15) is 5.10 Å². The molecule has 3 aromatic rings. The molecule has 1 N–H and O–H groups in total. The number of hydrogen-bond donors (Lipinski definition) is 1. The summed E-state index contributed by atoms with van der Waals surface area (Å²) >= 11 is 0. The van der Waals surface area contributed by atoms with E-state index in [1.807, 2.05) is 46.0 Å². The molecule has 2 aliphatic rings. The maximum Gasteiger partial charge on any atom is 0.219 e. The first-order valence-corrected chi connectivity index (χ1v) is 12.7. The number of rotatable bonds is 7. The molecule has 1 unspecified atom stereocenters. The molecule has 5 rings (SSSR count). The smallest absolute Gasteiger partial charge is 0.219 e. The Balaban J connectivity index is 1.26. The number of nitrogens with zero attached hydrogens (tertiary/aromatic N) is 5. The van der Waals surface area contributed by atoms with Crippen LogP contribution >= 0.6 is 0 Å². The van der Waals surface area contributed by atoms with Crippen LogP contribution in [0.25, 0.3) is 11.3 Å². The molecule has 8 nitrogen and oxygen atoms in total. The summed E-state index contributed by atoms with van der Waals surface area (Å²) in [5.74, 6) is 0.978. The van der Waals surface area contributed by atoms with Crippen molar-refractivity contribution in [3.05, 3.63) is 65.9 Å². The largest absolute Gasteiger partial charge is 0.495 e. The van der Waals surface area contributed by atoms with Crippen molar-refractivity contribution in [3.63, 3.8) is 0 Å². The fourth-order valence-electron chi connectivity index (χ4n) is 5.36. The second-order valence-electron chi connectivity index (χ2n) is 9.63. The summed E-state index contributed by atoms with van der Waals surface area (Å²) in [4.78, 5) is 18.6. The number of carbonyl (C=O) groups is 1. The van der Waals surface area contributed by atoms with E-state index in [0.717, 1.165) is 66.6 Å². The molecule has 0 radical (unpaired) electrons. The van der Waals surface area contributed by atoms with Crippen LogP contribution in [0.1, 0.15) is 18.2 Å². The van der Waals surface area contributed by atoms with Crippen LogP contribution in [0.4, 0.5) is 5.69 Å². The zero-order valence-electron chi connectivity index (χ0n) is 21.1. The SMILES string of the molecule is COc1ccccc1N1CCN(CC(O)Cn2nc(-c3ccccc3)c3c2CCN(C(C)=O)C3)CC1. The maximum atomic E-state index is 12.1. The van der Waals surface area contributed by atoms with E-state index in [9.17, 15) is 9.90 Å². The number of aliphatic hydroxyl groups is 1. The highest BCUT2D eigenvalue weighted by Gasteiger charge is 2.28. The first-order chi connectivity index (χ1) is 17.5. The van der Waals surface area contributed by atoms with Crippen molar-refractivity contribution in [1.29, 1.82) is 0 Å². The number of anilines is 1. The lowest BCUT2D eigenvalue weighted by atomic mass is 10.0. The number of carbonyl (C=O) groups excluding carboxylic acids is 1. The monoisotopic (exact) mass is 489 g/mol. The predicted molar refractivity (Wildman–Crippen MR) is 140 cm³/mol. The summed E-state index contributed by atoms with van der Waals surface area (Å²) in [6, 6.07) is 18.2. The third-order valence-electron chi connectivity index (χ3n) is 7.28. The van der Waals surface area contributed by atoms with E-state index >= 15 is 0 Å². The summed E-state index contributed by atoms with van der Waals surface area (Å²) in [5.41, 5.74) is 5.30. The first-order valence-electron chi connectivity index (χ1n) is 12.7. The Morgan fingerprint density at radius 3 is 2.44 bits per heavy atom. The Kier molecular flexibility index (Phi) is 7.25. The second kappa shape index (κ2) is 10.7. The highest BCUT2D eigenvalue weighted by atomic mass is 16.5. The van der Waals surface area contributed by atoms with Crippen LogP contribution in [-0.2, 0) is 24.3 Å². The van der Waals surface area contributed by atoms with Crippen molar-refractivity contribution in [2.24, 2.45) is 0 Å². The number of amides is 1. The zero-order chi connectivity index (χ0) is 25.1. The molecule has 1 amide bonds. The summed E-state index contributed by atoms with van der Waals surface area (Å²) < 4.78 is 7.51. The van der Waals surface area contributed by atoms with Gasteiger partial charge in [-0.3, -0.25) is 14.4 Å². The minimum Gasteiger partial charge on any atom is -0.495 e. The lowest BCUT2D eigenvalue weighted by molar-refractivity contribution is -0.129. The molecule has 3 heterocycles. The van der Waals surface area contributed by atoms with Crippen LogP contribution < -0.4 is 9.64 Å². The zero-order valence-corrected chi connectivity index (χ0v) is 21.1. The van der Waals surface area contributed by atoms with Gasteiger partial charge in [0.05, 0.1) is 31.1 Å². The van der Waals surface area contributed by atoms with Crippen molar-refractivity contribution in [2.45, 2.75) is 32.5 Å². The Labute approximate surface area is 212 Å². The number of benzene rings is 2. The molecule has 36 heavy (non-hydrogen) atoms. The number of aromatic nitrogens is 2. The van der Waals surface area contributed by atoms with E-state index in [1.165, 1.54) is 0 Å². The van der Waals surface area contributed by atoms with Crippen molar-refractivity contribution in [3.8, 4) is 17.0 Å². The van der Waals surface area contributed by atoms with Gasteiger partial charge in [-0.1, -0.05) is 42.5 Å². The second-order valence-corrected chi connectivity index (χ2v) is 9.63. The molecule has 1 fully saturated rings. The van der Waals surface area contributed by atoms with Gasteiger partial charge in [-0.05, 0) is 12.1 Å². The number of fused-ring (bicyclic) bond motifs is 1. The molecular formula is C28H35N5O3. The van der Waals surface area contributed by atoms with Gasteiger partial charge < -0.3 is 19.6 Å². The molecule has 1 saturated heterocycles. The number of para-hydroxylation sites is 2. The van der Waals surface area contributed by atoms with Crippen LogP contribution in [0, 0.1) is 0 Å². The Bertz CT molecular complexity index is 1190. The lowest BCUT2D eigenvalue weighted by Gasteiger charge is -2.37. The number of piperazine rings is 1. The van der Waals surface area contributed by atoms with E-state index in [1.54, 1.807) is 14.0 Å². The van der Waals surface area contributed by atoms with Crippen molar-refractivity contribution in [2.75, 3.05) is 51.3 Å². The Morgan fingerprint density at radius 1 is 1.00 bits per heavy atom.